The van der Waals surface area contributed by atoms with Crippen molar-refractivity contribution in [3.8, 4) is 0 Å². The quantitative estimate of drug-likeness (QED) is 0.805. The van der Waals surface area contributed by atoms with Gasteiger partial charge in [0.15, 0.2) is 5.69 Å². The SMILES string of the molecule is CN(CC1CC(C2CC2)NN1)C(=O)c1cn(Cc2ccc(Cl)cc2)nn1. The summed E-state index contributed by atoms with van der Waals surface area (Å²) in [6, 6.07) is 8.37. The van der Waals surface area contributed by atoms with Crippen LogP contribution in [0.2, 0.25) is 5.02 Å². The van der Waals surface area contributed by atoms with Crippen molar-refractivity contribution >= 4 is 17.5 Å². The largest absolute Gasteiger partial charge is 0.339 e. The van der Waals surface area contributed by atoms with Crippen LogP contribution in [0.1, 0.15) is 35.3 Å². The lowest BCUT2D eigenvalue weighted by Crippen LogP contribution is -2.41. The Hall–Kier alpha value is -1.96. The summed E-state index contributed by atoms with van der Waals surface area (Å²) in [5.74, 6) is 0.699. The fraction of sp³-hybridized carbons (Fsp3) is 0.500. The number of halogens is 1. The minimum absolute atomic E-state index is 0.107. The molecule has 26 heavy (non-hydrogen) atoms. The number of amides is 1. The number of aromatic nitrogens is 3. The van der Waals surface area contributed by atoms with Gasteiger partial charge in [-0.25, -0.2) is 4.68 Å². The van der Waals surface area contributed by atoms with Gasteiger partial charge in [-0.3, -0.25) is 15.6 Å². The van der Waals surface area contributed by atoms with Crippen LogP contribution in [0.4, 0.5) is 0 Å². The lowest BCUT2D eigenvalue weighted by Gasteiger charge is -2.19. The third-order valence-electron chi connectivity index (χ3n) is 5.06. The van der Waals surface area contributed by atoms with Crippen LogP contribution in [0.3, 0.4) is 0 Å². The second-order valence-corrected chi connectivity index (χ2v) is 7.72. The van der Waals surface area contributed by atoms with Crippen LogP contribution in [0, 0.1) is 5.92 Å². The number of likely N-dealkylation sites (N-methyl/N-ethyl adjacent to an activating group) is 1. The topological polar surface area (TPSA) is 75.1 Å². The Morgan fingerprint density at radius 1 is 1.31 bits per heavy atom. The van der Waals surface area contributed by atoms with E-state index in [4.69, 9.17) is 11.6 Å². The average Bonchev–Trinajstić information content (AvgIpc) is 3.20. The van der Waals surface area contributed by atoms with Crippen molar-refractivity contribution in [3.63, 3.8) is 0 Å². The van der Waals surface area contributed by atoms with E-state index in [9.17, 15) is 4.79 Å². The predicted molar refractivity (Wildman–Crippen MR) is 98.7 cm³/mol. The van der Waals surface area contributed by atoms with Crippen LogP contribution in [0.5, 0.6) is 0 Å². The van der Waals surface area contributed by atoms with Gasteiger partial charge in [0.1, 0.15) is 0 Å². The molecule has 1 aromatic heterocycles. The van der Waals surface area contributed by atoms with Crippen molar-refractivity contribution in [1.82, 2.24) is 30.7 Å². The van der Waals surface area contributed by atoms with Gasteiger partial charge in [-0.15, -0.1) is 5.10 Å². The maximum Gasteiger partial charge on any atom is 0.275 e. The number of carbonyl (C=O) groups is 1. The lowest BCUT2D eigenvalue weighted by molar-refractivity contribution is 0.0777. The summed E-state index contributed by atoms with van der Waals surface area (Å²) in [4.78, 5) is 14.3. The molecule has 2 unspecified atom stereocenters. The molecule has 1 aliphatic heterocycles. The van der Waals surface area contributed by atoms with Crippen molar-refractivity contribution in [3.05, 3.63) is 46.7 Å². The van der Waals surface area contributed by atoms with Crippen LogP contribution >= 0.6 is 11.6 Å². The van der Waals surface area contributed by atoms with E-state index in [-0.39, 0.29) is 11.9 Å². The van der Waals surface area contributed by atoms with Crippen LogP contribution in [0.25, 0.3) is 0 Å². The summed E-state index contributed by atoms with van der Waals surface area (Å²) in [5, 5.41) is 8.81. The molecular formula is C18H23ClN6O. The second kappa shape index (κ2) is 7.34. The number of hydrogen-bond donors (Lipinski definition) is 2. The number of carbonyl (C=O) groups excluding carboxylic acids is 1. The highest BCUT2D eigenvalue weighted by Gasteiger charge is 2.37. The number of hydrazine groups is 1. The van der Waals surface area contributed by atoms with Crippen LogP contribution in [-0.2, 0) is 6.54 Å². The molecule has 0 spiro atoms. The molecule has 2 fully saturated rings. The van der Waals surface area contributed by atoms with Gasteiger partial charge < -0.3 is 4.90 Å². The second-order valence-electron chi connectivity index (χ2n) is 7.28. The molecule has 138 valence electrons. The molecule has 1 amide bonds. The minimum Gasteiger partial charge on any atom is -0.339 e. The smallest absolute Gasteiger partial charge is 0.275 e. The van der Waals surface area contributed by atoms with Gasteiger partial charge in [-0.1, -0.05) is 28.9 Å². The first-order valence-corrected chi connectivity index (χ1v) is 9.37. The first kappa shape index (κ1) is 17.5. The summed E-state index contributed by atoms with van der Waals surface area (Å²) in [5.41, 5.74) is 8.09. The molecule has 1 aromatic carbocycles. The van der Waals surface area contributed by atoms with Crippen molar-refractivity contribution in [2.45, 2.75) is 37.9 Å². The van der Waals surface area contributed by atoms with Crippen LogP contribution in [0.15, 0.2) is 30.5 Å². The van der Waals surface area contributed by atoms with Gasteiger partial charge >= 0.3 is 0 Å². The molecule has 0 bridgehead atoms. The average molecular weight is 375 g/mol. The molecule has 1 saturated heterocycles. The molecule has 1 saturated carbocycles. The fourth-order valence-electron chi connectivity index (χ4n) is 3.44. The Labute approximate surface area is 157 Å². The van der Waals surface area contributed by atoms with Gasteiger partial charge in [0, 0.05) is 30.7 Å². The van der Waals surface area contributed by atoms with E-state index >= 15 is 0 Å². The van der Waals surface area contributed by atoms with E-state index in [0.29, 0.717) is 29.8 Å². The zero-order valence-electron chi connectivity index (χ0n) is 14.7. The van der Waals surface area contributed by atoms with E-state index < -0.39 is 0 Å². The van der Waals surface area contributed by atoms with Crippen molar-refractivity contribution in [1.29, 1.82) is 0 Å². The van der Waals surface area contributed by atoms with Crippen LogP contribution < -0.4 is 10.9 Å². The molecule has 2 heterocycles. The van der Waals surface area contributed by atoms with Gasteiger partial charge in [0.25, 0.3) is 5.91 Å². The summed E-state index contributed by atoms with van der Waals surface area (Å²) < 4.78 is 1.67. The maximum absolute atomic E-state index is 12.6. The number of hydrogen-bond acceptors (Lipinski definition) is 5. The molecule has 4 rings (SSSR count). The predicted octanol–water partition coefficient (Wildman–Crippen LogP) is 1.70. The maximum atomic E-state index is 12.6. The van der Waals surface area contributed by atoms with E-state index in [1.807, 2.05) is 31.3 Å². The summed E-state index contributed by atoms with van der Waals surface area (Å²) >= 11 is 5.90. The molecule has 1 aliphatic carbocycles. The summed E-state index contributed by atoms with van der Waals surface area (Å²) in [7, 11) is 1.81. The van der Waals surface area contributed by atoms with E-state index in [2.05, 4.69) is 21.2 Å². The number of rotatable bonds is 6. The molecule has 2 aliphatic rings. The van der Waals surface area contributed by atoms with Crippen LogP contribution in [-0.4, -0.2) is 51.5 Å². The summed E-state index contributed by atoms with van der Waals surface area (Å²) in [6.07, 6.45) is 5.39. The van der Waals surface area contributed by atoms with E-state index in [0.717, 1.165) is 17.9 Å². The van der Waals surface area contributed by atoms with Gasteiger partial charge in [-0.05, 0) is 42.9 Å². The Balaban J connectivity index is 1.32. The van der Waals surface area contributed by atoms with Gasteiger partial charge in [-0.2, -0.15) is 0 Å². The zero-order valence-corrected chi connectivity index (χ0v) is 15.5. The Bertz CT molecular complexity index is 772. The van der Waals surface area contributed by atoms with Gasteiger partial charge in [0.2, 0.25) is 0 Å². The first-order valence-electron chi connectivity index (χ1n) is 8.99. The van der Waals surface area contributed by atoms with Crippen molar-refractivity contribution in [2.24, 2.45) is 5.92 Å². The first-order chi connectivity index (χ1) is 12.6. The standard InChI is InChI=1S/C18H23ClN6O/c1-24(10-15-8-16(21-20-15)13-4-5-13)18(26)17-11-25(23-22-17)9-12-2-6-14(19)7-3-12/h2-3,6-7,11,13,15-16,20-21H,4-5,8-10H2,1H3. The van der Waals surface area contributed by atoms with Gasteiger partial charge in [0.05, 0.1) is 12.7 Å². The molecule has 2 N–H and O–H groups in total. The van der Waals surface area contributed by atoms with E-state index in [1.165, 1.54) is 12.8 Å². The summed E-state index contributed by atoms with van der Waals surface area (Å²) in [6.45, 7) is 1.21. The molecule has 7 nitrogen and oxygen atoms in total. The molecule has 2 aromatic rings. The monoisotopic (exact) mass is 374 g/mol. The molecule has 8 heteroatoms. The normalized spacial score (nSPS) is 22.5. The molecular weight excluding hydrogens is 352 g/mol. The Morgan fingerprint density at radius 2 is 2.08 bits per heavy atom. The third kappa shape index (κ3) is 4.06. The Morgan fingerprint density at radius 3 is 2.81 bits per heavy atom. The Kier molecular flexibility index (Phi) is 4.93. The highest BCUT2D eigenvalue weighted by molar-refractivity contribution is 6.30. The lowest BCUT2D eigenvalue weighted by atomic mass is 10.1. The fourth-order valence-corrected chi connectivity index (χ4v) is 3.56. The third-order valence-corrected chi connectivity index (χ3v) is 5.31. The number of nitrogens with zero attached hydrogens (tertiary/aromatic N) is 4. The highest BCUT2D eigenvalue weighted by Crippen LogP contribution is 2.35. The zero-order chi connectivity index (χ0) is 18.1. The molecule has 0 radical (unpaired) electrons. The molecule has 2 atom stereocenters. The number of benzene rings is 1. The highest BCUT2D eigenvalue weighted by atomic mass is 35.5. The van der Waals surface area contributed by atoms with Crippen molar-refractivity contribution in [2.75, 3.05) is 13.6 Å². The van der Waals surface area contributed by atoms with Crippen molar-refractivity contribution < 1.29 is 4.79 Å². The number of nitrogens with one attached hydrogen (secondary N) is 2. The minimum atomic E-state index is -0.107. The van der Waals surface area contributed by atoms with E-state index in [1.54, 1.807) is 15.8 Å².